The highest BCUT2D eigenvalue weighted by molar-refractivity contribution is 7.10. The van der Waals surface area contributed by atoms with Gasteiger partial charge in [-0.05, 0) is 59.1 Å². The Kier molecular flexibility index (Phi) is 4.57. The third kappa shape index (κ3) is 3.34. The van der Waals surface area contributed by atoms with Crippen molar-refractivity contribution in [2.75, 3.05) is 6.54 Å². The molecule has 4 heterocycles. The average molecular weight is 414 g/mol. The van der Waals surface area contributed by atoms with Crippen LogP contribution >= 0.6 is 34.3 Å². The van der Waals surface area contributed by atoms with Crippen molar-refractivity contribution in [2.24, 2.45) is 0 Å². The van der Waals surface area contributed by atoms with Crippen LogP contribution in [-0.4, -0.2) is 21.6 Å². The van der Waals surface area contributed by atoms with E-state index in [4.69, 9.17) is 16.0 Å². The molecule has 27 heavy (non-hydrogen) atoms. The van der Waals surface area contributed by atoms with E-state index >= 15 is 0 Å². The van der Waals surface area contributed by atoms with Crippen molar-refractivity contribution in [1.82, 2.24) is 15.1 Å². The van der Waals surface area contributed by atoms with Gasteiger partial charge in [-0.2, -0.15) is 0 Å². The molecule has 4 aromatic rings. The first-order valence-corrected chi connectivity index (χ1v) is 10.8. The van der Waals surface area contributed by atoms with Gasteiger partial charge < -0.3 is 4.42 Å². The summed E-state index contributed by atoms with van der Waals surface area (Å²) in [5.41, 5.74) is 2.29. The minimum absolute atomic E-state index is 0.255. The monoisotopic (exact) mass is 413 g/mol. The maximum Gasteiger partial charge on any atom is 0.247 e. The summed E-state index contributed by atoms with van der Waals surface area (Å²) in [5, 5.41) is 13.5. The van der Waals surface area contributed by atoms with Gasteiger partial charge in [0.25, 0.3) is 0 Å². The number of hydrogen-bond acceptors (Lipinski definition) is 6. The van der Waals surface area contributed by atoms with Gasteiger partial charge in [0.05, 0.1) is 12.6 Å². The van der Waals surface area contributed by atoms with Gasteiger partial charge in [-0.15, -0.1) is 32.9 Å². The third-order valence-electron chi connectivity index (χ3n) is 4.77. The van der Waals surface area contributed by atoms with Crippen LogP contribution in [0.1, 0.15) is 27.3 Å². The molecular weight excluding hydrogens is 398 g/mol. The third-order valence-corrected chi connectivity index (χ3v) is 6.95. The molecule has 0 amide bonds. The van der Waals surface area contributed by atoms with Crippen LogP contribution in [-0.2, 0) is 13.0 Å². The van der Waals surface area contributed by atoms with Crippen LogP contribution in [0.5, 0.6) is 0 Å². The van der Waals surface area contributed by atoms with E-state index in [0.29, 0.717) is 23.3 Å². The summed E-state index contributed by atoms with van der Waals surface area (Å²) in [6.07, 6.45) is 1.06. The van der Waals surface area contributed by atoms with E-state index in [1.165, 1.54) is 15.3 Å². The minimum Gasteiger partial charge on any atom is -0.419 e. The molecular formula is C20H16ClN3OS2. The normalized spacial score (nSPS) is 17.1. The predicted molar refractivity (Wildman–Crippen MR) is 109 cm³/mol. The van der Waals surface area contributed by atoms with Crippen molar-refractivity contribution in [2.45, 2.75) is 19.0 Å². The number of fused-ring (bicyclic) bond motifs is 1. The molecule has 0 N–H and O–H groups in total. The Bertz CT molecular complexity index is 1040. The second-order valence-electron chi connectivity index (χ2n) is 6.45. The molecule has 4 nitrogen and oxygen atoms in total. The molecule has 0 fully saturated rings. The smallest absolute Gasteiger partial charge is 0.247 e. The summed E-state index contributed by atoms with van der Waals surface area (Å²) in [7, 11) is 0. The molecule has 0 unspecified atom stereocenters. The lowest BCUT2D eigenvalue weighted by atomic mass is 9.98. The maximum absolute atomic E-state index is 5.96. The van der Waals surface area contributed by atoms with E-state index in [2.05, 4.69) is 44.1 Å². The van der Waals surface area contributed by atoms with Crippen LogP contribution in [0.15, 0.2) is 57.6 Å². The average Bonchev–Trinajstić information content (AvgIpc) is 3.44. The largest absolute Gasteiger partial charge is 0.419 e. The first-order valence-electron chi connectivity index (χ1n) is 8.70. The number of thiophene rings is 2. The van der Waals surface area contributed by atoms with Gasteiger partial charge in [0.15, 0.2) is 0 Å². The van der Waals surface area contributed by atoms with Crippen LogP contribution < -0.4 is 0 Å². The van der Waals surface area contributed by atoms with Crippen LogP contribution in [0.2, 0.25) is 5.02 Å². The Labute approximate surface area is 170 Å². The Balaban J connectivity index is 1.42. The number of rotatable bonds is 4. The molecule has 1 atom stereocenters. The molecule has 7 heteroatoms. The molecule has 0 bridgehead atoms. The van der Waals surface area contributed by atoms with Crippen LogP contribution in [0.25, 0.3) is 11.5 Å². The zero-order valence-electron chi connectivity index (χ0n) is 14.3. The van der Waals surface area contributed by atoms with E-state index in [9.17, 15) is 0 Å². The number of nitrogens with zero attached hydrogens (tertiary/aromatic N) is 3. The standard InChI is InChI=1S/C20H16ClN3OS2/c21-14-5-3-13(4-6-14)20-23-22-18(25-20)12-24-9-7-16-15(8-11-27-16)19(24)17-2-1-10-26-17/h1-6,8,10-11,19H,7,9,12H2/t19-/m0/s1. The van der Waals surface area contributed by atoms with Gasteiger partial charge >= 0.3 is 0 Å². The van der Waals surface area contributed by atoms with Crippen LogP contribution in [0.3, 0.4) is 0 Å². The molecule has 1 aromatic carbocycles. The minimum atomic E-state index is 0.255. The topological polar surface area (TPSA) is 42.2 Å². The lowest BCUT2D eigenvalue weighted by Gasteiger charge is -2.34. The SMILES string of the molecule is Clc1ccc(-c2nnc(CN3CCc4sccc4[C@H]3c3cccs3)o2)cc1. The highest BCUT2D eigenvalue weighted by atomic mass is 35.5. The fourth-order valence-electron chi connectivity index (χ4n) is 3.52. The lowest BCUT2D eigenvalue weighted by Crippen LogP contribution is -2.34. The summed E-state index contributed by atoms with van der Waals surface area (Å²) in [4.78, 5) is 5.27. The van der Waals surface area contributed by atoms with Gasteiger partial charge in [-0.25, -0.2) is 0 Å². The van der Waals surface area contributed by atoms with Crippen LogP contribution in [0.4, 0.5) is 0 Å². The molecule has 1 aliphatic rings. The Hall–Kier alpha value is -1.99. The van der Waals surface area contributed by atoms with Crippen molar-refractivity contribution in [3.8, 4) is 11.5 Å². The van der Waals surface area contributed by atoms with E-state index < -0.39 is 0 Å². The molecule has 3 aromatic heterocycles. The zero-order chi connectivity index (χ0) is 18.2. The van der Waals surface area contributed by atoms with Crippen molar-refractivity contribution in [3.63, 3.8) is 0 Å². The van der Waals surface area contributed by atoms with Gasteiger partial charge in [-0.1, -0.05) is 17.7 Å². The van der Waals surface area contributed by atoms with Crippen molar-refractivity contribution >= 4 is 34.3 Å². The molecule has 1 aliphatic heterocycles. The lowest BCUT2D eigenvalue weighted by molar-refractivity contribution is 0.189. The molecule has 0 radical (unpaired) electrons. The van der Waals surface area contributed by atoms with Gasteiger partial charge in [0.2, 0.25) is 11.8 Å². The van der Waals surface area contributed by atoms with E-state index in [-0.39, 0.29) is 6.04 Å². The summed E-state index contributed by atoms with van der Waals surface area (Å²) in [5.74, 6) is 1.17. The Morgan fingerprint density at radius 2 is 1.96 bits per heavy atom. The molecule has 0 saturated carbocycles. The van der Waals surface area contributed by atoms with Crippen molar-refractivity contribution < 1.29 is 4.42 Å². The van der Waals surface area contributed by atoms with Gasteiger partial charge in [0, 0.05) is 26.9 Å². The van der Waals surface area contributed by atoms with Crippen LogP contribution in [0, 0.1) is 0 Å². The number of hydrogen-bond donors (Lipinski definition) is 0. The first kappa shape index (κ1) is 17.1. The summed E-state index contributed by atoms with van der Waals surface area (Å²) in [6.45, 7) is 1.62. The summed E-state index contributed by atoms with van der Waals surface area (Å²) in [6, 6.07) is 14.3. The molecule has 0 saturated heterocycles. The quantitative estimate of drug-likeness (QED) is 0.433. The Morgan fingerprint density at radius 3 is 2.78 bits per heavy atom. The summed E-state index contributed by atoms with van der Waals surface area (Å²) >= 11 is 9.61. The number of aromatic nitrogens is 2. The zero-order valence-corrected chi connectivity index (χ0v) is 16.7. The summed E-state index contributed by atoms with van der Waals surface area (Å²) < 4.78 is 5.95. The fraction of sp³-hybridized carbons (Fsp3) is 0.200. The molecule has 136 valence electrons. The highest BCUT2D eigenvalue weighted by Crippen LogP contribution is 2.40. The van der Waals surface area contributed by atoms with Gasteiger partial charge in [0.1, 0.15) is 0 Å². The first-order chi connectivity index (χ1) is 13.3. The predicted octanol–water partition coefficient (Wildman–Crippen LogP) is 5.66. The molecule has 0 spiro atoms. The number of halogens is 1. The molecule has 0 aliphatic carbocycles. The van der Waals surface area contributed by atoms with E-state index in [0.717, 1.165) is 18.5 Å². The van der Waals surface area contributed by atoms with Crippen molar-refractivity contribution in [3.05, 3.63) is 79.5 Å². The number of benzene rings is 1. The highest BCUT2D eigenvalue weighted by Gasteiger charge is 2.31. The Morgan fingerprint density at radius 1 is 1.07 bits per heavy atom. The van der Waals surface area contributed by atoms with Crippen molar-refractivity contribution in [1.29, 1.82) is 0 Å². The van der Waals surface area contributed by atoms with Gasteiger partial charge in [-0.3, -0.25) is 4.90 Å². The molecule has 5 rings (SSSR count). The maximum atomic E-state index is 5.96. The van der Waals surface area contributed by atoms with E-state index in [1.807, 2.05) is 35.6 Å². The fourth-order valence-corrected chi connectivity index (χ4v) is 5.43. The second-order valence-corrected chi connectivity index (χ2v) is 8.86. The van der Waals surface area contributed by atoms with E-state index in [1.54, 1.807) is 11.3 Å². The second kappa shape index (κ2) is 7.20.